The predicted octanol–water partition coefficient (Wildman–Crippen LogP) is 1.30. The SMILES string of the molecule is CC.CCCC(N)=O. The largest absolute Gasteiger partial charge is 0.370 e. The number of hydrogen-bond acceptors (Lipinski definition) is 1. The van der Waals surface area contributed by atoms with Crippen LogP contribution in [-0.2, 0) is 4.79 Å². The zero-order valence-electron chi connectivity index (χ0n) is 5.90. The van der Waals surface area contributed by atoms with Gasteiger partial charge in [0.15, 0.2) is 0 Å². The first kappa shape index (κ1) is 10.5. The van der Waals surface area contributed by atoms with Gasteiger partial charge in [-0.05, 0) is 6.42 Å². The molecule has 0 unspecified atom stereocenters. The summed E-state index contributed by atoms with van der Waals surface area (Å²) in [5.74, 6) is -0.211. The third kappa shape index (κ3) is 17.9. The summed E-state index contributed by atoms with van der Waals surface area (Å²) < 4.78 is 0. The predicted molar refractivity (Wildman–Crippen MR) is 35.5 cm³/mol. The number of carbonyl (C=O) groups is 1. The van der Waals surface area contributed by atoms with Gasteiger partial charge in [-0.2, -0.15) is 0 Å². The maximum Gasteiger partial charge on any atom is 0.217 e. The molecule has 0 aromatic rings. The maximum atomic E-state index is 9.82. The summed E-state index contributed by atoms with van der Waals surface area (Å²) >= 11 is 0. The van der Waals surface area contributed by atoms with Gasteiger partial charge in [0, 0.05) is 6.42 Å². The molecule has 50 valence electrons. The van der Waals surface area contributed by atoms with Gasteiger partial charge in [-0.3, -0.25) is 4.79 Å². The molecule has 0 heterocycles. The molecular formula is C6H15NO. The van der Waals surface area contributed by atoms with Crippen molar-refractivity contribution >= 4 is 5.91 Å². The minimum Gasteiger partial charge on any atom is -0.370 e. The van der Waals surface area contributed by atoms with Crippen molar-refractivity contribution in [3.05, 3.63) is 0 Å². The number of hydrogen-bond donors (Lipinski definition) is 1. The van der Waals surface area contributed by atoms with Crippen molar-refractivity contribution in [2.45, 2.75) is 33.6 Å². The van der Waals surface area contributed by atoms with Crippen molar-refractivity contribution in [2.75, 3.05) is 0 Å². The van der Waals surface area contributed by atoms with Crippen LogP contribution in [0.4, 0.5) is 0 Å². The topological polar surface area (TPSA) is 43.1 Å². The van der Waals surface area contributed by atoms with Crippen molar-refractivity contribution in [3.8, 4) is 0 Å². The quantitative estimate of drug-likeness (QED) is 0.582. The van der Waals surface area contributed by atoms with E-state index < -0.39 is 0 Å². The Morgan fingerprint density at radius 2 is 1.88 bits per heavy atom. The van der Waals surface area contributed by atoms with Crippen LogP contribution in [0, 0.1) is 0 Å². The first-order valence-corrected chi connectivity index (χ1v) is 3.05. The molecule has 0 aliphatic heterocycles. The number of amides is 1. The summed E-state index contributed by atoms with van der Waals surface area (Å²) in [6.07, 6.45) is 1.37. The van der Waals surface area contributed by atoms with E-state index in [9.17, 15) is 4.79 Å². The highest BCUT2D eigenvalue weighted by Gasteiger charge is 1.84. The molecule has 0 spiro atoms. The van der Waals surface area contributed by atoms with Gasteiger partial charge in [-0.1, -0.05) is 20.8 Å². The average Bonchev–Trinajstić information content (AvgIpc) is 1.72. The summed E-state index contributed by atoms with van der Waals surface area (Å²) in [7, 11) is 0. The zero-order valence-corrected chi connectivity index (χ0v) is 5.90. The first-order valence-electron chi connectivity index (χ1n) is 3.05. The Kier molecular flexibility index (Phi) is 12.7. The van der Waals surface area contributed by atoms with Gasteiger partial charge in [-0.25, -0.2) is 0 Å². The fraction of sp³-hybridized carbons (Fsp3) is 0.833. The van der Waals surface area contributed by atoms with E-state index in [4.69, 9.17) is 5.73 Å². The van der Waals surface area contributed by atoms with E-state index in [0.29, 0.717) is 6.42 Å². The lowest BCUT2D eigenvalue weighted by Gasteiger charge is -1.81. The van der Waals surface area contributed by atoms with Gasteiger partial charge in [0.25, 0.3) is 0 Å². The molecule has 0 aromatic heterocycles. The van der Waals surface area contributed by atoms with Crippen LogP contribution in [0.15, 0.2) is 0 Å². The van der Waals surface area contributed by atoms with E-state index in [-0.39, 0.29) is 5.91 Å². The van der Waals surface area contributed by atoms with Crippen LogP contribution < -0.4 is 5.73 Å². The Labute approximate surface area is 51.1 Å². The second kappa shape index (κ2) is 9.69. The number of carbonyl (C=O) groups excluding carboxylic acids is 1. The zero-order chi connectivity index (χ0) is 6.99. The average molecular weight is 117 g/mol. The van der Waals surface area contributed by atoms with Gasteiger partial charge >= 0.3 is 0 Å². The van der Waals surface area contributed by atoms with Crippen molar-refractivity contribution < 1.29 is 4.79 Å². The molecule has 2 N–H and O–H groups in total. The van der Waals surface area contributed by atoms with E-state index in [1.165, 1.54) is 0 Å². The summed E-state index contributed by atoms with van der Waals surface area (Å²) in [5, 5.41) is 0. The highest BCUT2D eigenvalue weighted by Crippen LogP contribution is 1.79. The monoisotopic (exact) mass is 117 g/mol. The van der Waals surface area contributed by atoms with Crippen LogP contribution in [0.25, 0.3) is 0 Å². The molecule has 0 atom stereocenters. The fourth-order valence-corrected chi connectivity index (χ4v) is 0.246. The molecule has 0 saturated carbocycles. The molecular weight excluding hydrogens is 102 g/mol. The van der Waals surface area contributed by atoms with Gasteiger partial charge in [0.1, 0.15) is 0 Å². The molecule has 0 radical (unpaired) electrons. The first-order chi connectivity index (χ1) is 3.77. The smallest absolute Gasteiger partial charge is 0.217 e. The van der Waals surface area contributed by atoms with Gasteiger partial charge < -0.3 is 5.73 Å². The van der Waals surface area contributed by atoms with E-state index in [0.717, 1.165) is 6.42 Å². The van der Waals surface area contributed by atoms with Crippen LogP contribution in [-0.4, -0.2) is 5.91 Å². The Morgan fingerprint density at radius 3 is 1.88 bits per heavy atom. The van der Waals surface area contributed by atoms with Crippen LogP contribution in [0.1, 0.15) is 33.6 Å². The van der Waals surface area contributed by atoms with Gasteiger partial charge in [0.05, 0.1) is 0 Å². The van der Waals surface area contributed by atoms with Crippen LogP contribution >= 0.6 is 0 Å². The Hall–Kier alpha value is -0.530. The number of primary amides is 1. The lowest BCUT2D eigenvalue weighted by molar-refractivity contribution is -0.118. The molecule has 0 aromatic carbocycles. The van der Waals surface area contributed by atoms with Gasteiger partial charge in [0.2, 0.25) is 5.91 Å². The molecule has 1 amide bonds. The molecule has 0 bridgehead atoms. The van der Waals surface area contributed by atoms with Crippen molar-refractivity contribution in [3.63, 3.8) is 0 Å². The van der Waals surface area contributed by atoms with Crippen LogP contribution in [0.3, 0.4) is 0 Å². The van der Waals surface area contributed by atoms with Crippen LogP contribution in [0.5, 0.6) is 0 Å². The van der Waals surface area contributed by atoms with E-state index in [1.54, 1.807) is 0 Å². The molecule has 0 fully saturated rings. The summed E-state index contributed by atoms with van der Waals surface area (Å²) in [6.45, 7) is 5.92. The van der Waals surface area contributed by atoms with Gasteiger partial charge in [-0.15, -0.1) is 0 Å². The second-order valence-electron chi connectivity index (χ2n) is 1.22. The Morgan fingerprint density at radius 1 is 1.50 bits per heavy atom. The summed E-state index contributed by atoms with van der Waals surface area (Å²) in [4.78, 5) is 9.82. The Balaban J connectivity index is 0. The molecule has 2 heteroatoms. The maximum absolute atomic E-state index is 9.82. The number of nitrogens with two attached hydrogens (primary N) is 1. The molecule has 8 heavy (non-hydrogen) atoms. The standard InChI is InChI=1S/C4H9NO.C2H6/c1-2-3-4(5)6;1-2/h2-3H2,1H3,(H2,5,6);1-2H3. The minimum atomic E-state index is -0.211. The normalized spacial score (nSPS) is 6.88. The molecule has 0 rings (SSSR count). The lowest BCUT2D eigenvalue weighted by atomic mass is 10.3. The summed E-state index contributed by atoms with van der Waals surface area (Å²) in [5.41, 5.74) is 4.76. The lowest BCUT2D eigenvalue weighted by Crippen LogP contribution is -2.08. The molecule has 0 aliphatic carbocycles. The number of rotatable bonds is 2. The van der Waals surface area contributed by atoms with E-state index in [1.807, 2.05) is 20.8 Å². The van der Waals surface area contributed by atoms with Crippen molar-refractivity contribution in [2.24, 2.45) is 5.73 Å². The van der Waals surface area contributed by atoms with Crippen LogP contribution in [0.2, 0.25) is 0 Å². The fourth-order valence-electron chi connectivity index (χ4n) is 0.246. The van der Waals surface area contributed by atoms with Crippen molar-refractivity contribution in [1.82, 2.24) is 0 Å². The third-order valence-corrected chi connectivity index (χ3v) is 0.496. The molecule has 0 aliphatic rings. The van der Waals surface area contributed by atoms with E-state index in [2.05, 4.69) is 0 Å². The molecule has 2 nitrogen and oxygen atoms in total. The Bertz CT molecular complexity index is 52.5. The molecule has 0 saturated heterocycles. The highest BCUT2D eigenvalue weighted by atomic mass is 16.1. The van der Waals surface area contributed by atoms with Crippen molar-refractivity contribution in [1.29, 1.82) is 0 Å². The highest BCUT2D eigenvalue weighted by molar-refractivity contribution is 5.73. The second-order valence-corrected chi connectivity index (χ2v) is 1.22. The van der Waals surface area contributed by atoms with E-state index >= 15 is 0 Å². The minimum absolute atomic E-state index is 0.211. The summed E-state index contributed by atoms with van der Waals surface area (Å²) in [6, 6.07) is 0. The third-order valence-electron chi connectivity index (χ3n) is 0.496.